The van der Waals surface area contributed by atoms with Gasteiger partial charge in [0.05, 0.1) is 12.8 Å². The lowest BCUT2D eigenvalue weighted by atomic mass is 10.1. The summed E-state index contributed by atoms with van der Waals surface area (Å²) in [5.41, 5.74) is 1.34. The van der Waals surface area contributed by atoms with Crippen LogP contribution in [0.3, 0.4) is 0 Å². The summed E-state index contributed by atoms with van der Waals surface area (Å²) < 4.78 is 5.64. The molecule has 0 aliphatic heterocycles. The van der Waals surface area contributed by atoms with Gasteiger partial charge in [-0.15, -0.1) is 6.58 Å². The first kappa shape index (κ1) is 16.0. The summed E-state index contributed by atoms with van der Waals surface area (Å²) >= 11 is 0. The maximum atomic E-state index is 5.64. The van der Waals surface area contributed by atoms with Gasteiger partial charge in [-0.3, -0.25) is 4.90 Å². The van der Waals surface area contributed by atoms with Gasteiger partial charge in [0, 0.05) is 24.2 Å². The van der Waals surface area contributed by atoms with E-state index in [2.05, 4.69) is 50.6 Å². The van der Waals surface area contributed by atoms with Gasteiger partial charge in [-0.1, -0.05) is 13.0 Å². The molecular weight excluding hydrogens is 236 g/mol. The molecule has 0 aliphatic carbocycles. The van der Waals surface area contributed by atoms with Gasteiger partial charge in [-0.25, -0.2) is 0 Å². The zero-order valence-corrected chi connectivity index (χ0v) is 12.8. The normalized spacial score (nSPS) is 12.1. The molecule has 0 fully saturated rings. The first-order valence-corrected chi connectivity index (χ1v) is 7.09. The number of nitrogens with one attached hydrogen (secondary N) is 1. The molecule has 1 heterocycles. The Kier molecular flexibility index (Phi) is 6.32. The van der Waals surface area contributed by atoms with Crippen LogP contribution in [0.15, 0.2) is 29.4 Å². The first-order valence-electron chi connectivity index (χ1n) is 7.09. The third-order valence-corrected chi connectivity index (χ3v) is 2.84. The molecule has 1 aromatic heterocycles. The molecule has 0 aromatic carbocycles. The van der Waals surface area contributed by atoms with Gasteiger partial charge in [0.2, 0.25) is 0 Å². The number of hydrogen-bond acceptors (Lipinski definition) is 3. The van der Waals surface area contributed by atoms with E-state index < -0.39 is 0 Å². The largest absolute Gasteiger partial charge is 0.468 e. The molecule has 0 amide bonds. The molecule has 3 heteroatoms. The Morgan fingerprint density at radius 1 is 1.42 bits per heavy atom. The fourth-order valence-electron chi connectivity index (χ4n) is 1.92. The molecule has 19 heavy (non-hydrogen) atoms. The molecule has 1 aromatic rings. The average molecular weight is 264 g/mol. The van der Waals surface area contributed by atoms with E-state index in [9.17, 15) is 0 Å². The number of furan rings is 1. The quantitative estimate of drug-likeness (QED) is 0.728. The van der Waals surface area contributed by atoms with Gasteiger partial charge >= 0.3 is 0 Å². The lowest BCUT2D eigenvalue weighted by molar-refractivity contribution is 0.269. The zero-order valence-electron chi connectivity index (χ0n) is 12.8. The van der Waals surface area contributed by atoms with E-state index >= 15 is 0 Å². The molecule has 1 N–H and O–H groups in total. The standard InChI is InChI=1S/C16H28N2O/c1-6-8-18(9-7-2)12-15-10-14(13-19-15)11-17-16(3,4)5/h6,10,13,17H,1,7-9,11-12H2,2-5H3. The maximum Gasteiger partial charge on any atom is 0.118 e. The van der Waals surface area contributed by atoms with Crippen molar-refractivity contribution in [2.75, 3.05) is 13.1 Å². The second-order valence-corrected chi connectivity index (χ2v) is 6.05. The van der Waals surface area contributed by atoms with Crippen molar-refractivity contribution in [1.82, 2.24) is 10.2 Å². The Morgan fingerprint density at radius 2 is 2.16 bits per heavy atom. The van der Waals surface area contributed by atoms with Gasteiger partial charge in [-0.05, 0) is 39.8 Å². The van der Waals surface area contributed by atoms with Crippen molar-refractivity contribution in [3.63, 3.8) is 0 Å². The Hall–Kier alpha value is -1.06. The Bertz CT molecular complexity index is 376. The predicted molar refractivity (Wildman–Crippen MR) is 81.1 cm³/mol. The predicted octanol–water partition coefficient (Wildman–Crippen LogP) is 3.57. The summed E-state index contributed by atoms with van der Waals surface area (Å²) in [6, 6.07) is 2.14. The smallest absolute Gasteiger partial charge is 0.118 e. The summed E-state index contributed by atoms with van der Waals surface area (Å²) in [6.07, 6.45) is 4.94. The van der Waals surface area contributed by atoms with Crippen molar-refractivity contribution in [3.8, 4) is 0 Å². The van der Waals surface area contributed by atoms with Gasteiger partial charge in [0.25, 0.3) is 0 Å². The second-order valence-electron chi connectivity index (χ2n) is 6.05. The minimum Gasteiger partial charge on any atom is -0.468 e. The van der Waals surface area contributed by atoms with Crippen molar-refractivity contribution in [2.45, 2.75) is 52.7 Å². The molecule has 0 bridgehead atoms. The molecule has 0 atom stereocenters. The van der Waals surface area contributed by atoms with Crippen LogP contribution < -0.4 is 5.32 Å². The van der Waals surface area contributed by atoms with E-state index in [4.69, 9.17) is 4.42 Å². The van der Waals surface area contributed by atoms with Crippen molar-refractivity contribution in [1.29, 1.82) is 0 Å². The van der Waals surface area contributed by atoms with Crippen LogP contribution in [0, 0.1) is 0 Å². The van der Waals surface area contributed by atoms with Gasteiger partial charge in [0.1, 0.15) is 5.76 Å². The number of rotatable bonds is 8. The van der Waals surface area contributed by atoms with E-state index in [0.29, 0.717) is 0 Å². The van der Waals surface area contributed by atoms with Gasteiger partial charge in [0.15, 0.2) is 0 Å². The molecule has 108 valence electrons. The van der Waals surface area contributed by atoms with E-state index in [-0.39, 0.29) is 5.54 Å². The van der Waals surface area contributed by atoms with E-state index in [1.807, 2.05) is 12.3 Å². The molecule has 0 aliphatic rings. The highest BCUT2D eigenvalue weighted by atomic mass is 16.3. The monoisotopic (exact) mass is 264 g/mol. The van der Waals surface area contributed by atoms with E-state index in [1.165, 1.54) is 5.56 Å². The van der Waals surface area contributed by atoms with Crippen LogP contribution in [0.2, 0.25) is 0 Å². The van der Waals surface area contributed by atoms with Crippen molar-refractivity contribution >= 4 is 0 Å². The topological polar surface area (TPSA) is 28.4 Å². The van der Waals surface area contributed by atoms with Gasteiger partial charge in [-0.2, -0.15) is 0 Å². The van der Waals surface area contributed by atoms with E-state index in [1.54, 1.807) is 0 Å². The summed E-state index contributed by atoms with van der Waals surface area (Å²) in [4.78, 5) is 2.34. The lowest BCUT2D eigenvalue weighted by Crippen LogP contribution is -2.34. The van der Waals surface area contributed by atoms with Crippen LogP contribution in [-0.2, 0) is 13.1 Å². The van der Waals surface area contributed by atoms with Crippen LogP contribution in [0.1, 0.15) is 45.4 Å². The fourth-order valence-corrected chi connectivity index (χ4v) is 1.92. The molecule has 0 saturated heterocycles. The molecular formula is C16H28N2O. The SMILES string of the molecule is C=CCN(CCC)Cc1cc(CNC(C)(C)C)co1. The average Bonchev–Trinajstić information content (AvgIpc) is 2.74. The van der Waals surface area contributed by atoms with Crippen LogP contribution in [0.4, 0.5) is 0 Å². The third-order valence-electron chi connectivity index (χ3n) is 2.84. The zero-order chi connectivity index (χ0) is 14.3. The molecule has 0 radical (unpaired) electrons. The molecule has 0 spiro atoms. The summed E-state index contributed by atoms with van der Waals surface area (Å²) in [6.45, 7) is 16.2. The highest BCUT2D eigenvalue weighted by Crippen LogP contribution is 2.12. The summed E-state index contributed by atoms with van der Waals surface area (Å²) in [5, 5.41) is 3.47. The number of hydrogen-bond donors (Lipinski definition) is 1. The Morgan fingerprint density at radius 3 is 2.74 bits per heavy atom. The van der Waals surface area contributed by atoms with E-state index in [0.717, 1.165) is 38.4 Å². The van der Waals surface area contributed by atoms with Crippen molar-refractivity contribution in [3.05, 3.63) is 36.3 Å². The third kappa shape index (κ3) is 6.60. The molecule has 1 rings (SSSR count). The Balaban J connectivity index is 2.51. The van der Waals surface area contributed by atoms with Crippen LogP contribution >= 0.6 is 0 Å². The van der Waals surface area contributed by atoms with Crippen LogP contribution in [0.5, 0.6) is 0 Å². The highest BCUT2D eigenvalue weighted by molar-refractivity contribution is 5.13. The number of nitrogens with zero attached hydrogens (tertiary/aromatic N) is 1. The first-order chi connectivity index (χ1) is 8.94. The van der Waals surface area contributed by atoms with Crippen LogP contribution in [-0.4, -0.2) is 23.5 Å². The fraction of sp³-hybridized carbons (Fsp3) is 0.625. The molecule has 0 saturated carbocycles. The highest BCUT2D eigenvalue weighted by Gasteiger charge is 2.11. The summed E-state index contributed by atoms with van der Waals surface area (Å²) in [7, 11) is 0. The summed E-state index contributed by atoms with van der Waals surface area (Å²) in [5.74, 6) is 1.03. The van der Waals surface area contributed by atoms with Crippen molar-refractivity contribution < 1.29 is 4.42 Å². The van der Waals surface area contributed by atoms with Gasteiger partial charge < -0.3 is 9.73 Å². The van der Waals surface area contributed by atoms with Crippen molar-refractivity contribution in [2.24, 2.45) is 0 Å². The second kappa shape index (κ2) is 7.51. The van der Waals surface area contributed by atoms with Crippen LogP contribution in [0.25, 0.3) is 0 Å². The Labute approximate surface area is 117 Å². The minimum absolute atomic E-state index is 0.133. The maximum absolute atomic E-state index is 5.64. The lowest BCUT2D eigenvalue weighted by Gasteiger charge is -2.19. The molecule has 3 nitrogen and oxygen atoms in total. The minimum atomic E-state index is 0.133. The molecule has 0 unspecified atom stereocenters.